The van der Waals surface area contributed by atoms with E-state index in [1.807, 2.05) is 12.1 Å². The molecule has 0 spiro atoms. The molecule has 0 atom stereocenters. The van der Waals surface area contributed by atoms with E-state index < -0.39 is 0 Å². The number of pyridine rings is 1. The van der Waals surface area contributed by atoms with E-state index in [-0.39, 0.29) is 5.54 Å². The lowest BCUT2D eigenvalue weighted by Crippen LogP contribution is -2.35. The van der Waals surface area contributed by atoms with Crippen LogP contribution < -0.4 is 10.1 Å². The molecule has 19 heavy (non-hydrogen) atoms. The van der Waals surface area contributed by atoms with Crippen molar-refractivity contribution in [2.24, 2.45) is 0 Å². The van der Waals surface area contributed by atoms with E-state index in [4.69, 9.17) is 9.26 Å². The second kappa shape index (κ2) is 5.84. The predicted molar refractivity (Wildman–Crippen MR) is 71.7 cm³/mol. The van der Waals surface area contributed by atoms with E-state index in [9.17, 15) is 0 Å². The maximum atomic E-state index is 5.53. The van der Waals surface area contributed by atoms with Crippen molar-refractivity contribution in [1.82, 2.24) is 15.5 Å². The third-order valence-corrected chi connectivity index (χ3v) is 2.47. The van der Waals surface area contributed by atoms with Crippen LogP contribution in [0.15, 0.2) is 35.1 Å². The number of aromatic nitrogens is 2. The van der Waals surface area contributed by atoms with Crippen LogP contribution >= 0.6 is 0 Å². The molecule has 2 aromatic rings. The van der Waals surface area contributed by atoms with Gasteiger partial charge in [0, 0.05) is 18.2 Å². The quantitative estimate of drug-likeness (QED) is 0.896. The normalized spacial score (nSPS) is 11.5. The third kappa shape index (κ3) is 4.71. The Kier molecular flexibility index (Phi) is 4.16. The fourth-order valence-electron chi connectivity index (χ4n) is 1.43. The average Bonchev–Trinajstić information content (AvgIpc) is 2.87. The maximum absolute atomic E-state index is 5.53. The van der Waals surface area contributed by atoms with Crippen molar-refractivity contribution >= 4 is 0 Å². The van der Waals surface area contributed by atoms with Crippen LogP contribution in [0.3, 0.4) is 0 Å². The summed E-state index contributed by atoms with van der Waals surface area (Å²) in [5.41, 5.74) is 1.07. The molecule has 0 aliphatic rings. The molecular weight excluding hydrogens is 242 g/mol. The number of nitrogens with one attached hydrogen (secondary N) is 1. The van der Waals surface area contributed by atoms with Gasteiger partial charge in [-0.05, 0) is 32.9 Å². The van der Waals surface area contributed by atoms with Crippen LogP contribution in [0.1, 0.15) is 32.2 Å². The monoisotopic (exact) mass is 261 g/mol. The molecular formula is C14H19N3O2. The van der Waals surface area contributed by atoms with Gasteiger partial charge in [0.05, 0.1) is 18.1 Å². The summed E-state index contributed by atoms with van der Waals surface area (Å²) in [4.78, 5) is 4.35. The van der Waals surface area contributed by atoms with E-state index >= 15 is 0 Å². The average molecular weight is 261 g/mol. The van der Waals surface area contributed by atoms with Crippen LogP contribution in [0.2, 0.25) is 0 Å². The van der Waals surface area contributed by atoms with Gasteiger partial charge in [-0.2, -0.15) is 0 Å². The molecule has 0 bridgehead atoms. The molecule has 2 heterocycles. The predicted octanol–water partition coefficient (Wildman–Crippen LogP) is 2.54. The van der Waals surface area contributed by atoms with Gasteiger partial charge in [0.2, 0.25) is 0 Å². The lowest BCUT2D eigenvalue weighted by molar-refractivity contribution is 0.248. The van der Waals surface area contributed by atoms with E-state index in [0.717, 1.165) is 18.0 Å². The fourth-order valence-corrected chi connectivity index (χ4v) is 1.43. The fraction of sp³-hybridized carbons (Fsp3) is 0.429. The van der Waals surface area contributed by atoms with Gasteiger partial charge in [-0.3, -0.25) is 4.98 Å². The Morgan fingerprint density at radius 1 is 1.26 bits per heavy atom. The minimum Gasteiger partial charge on any atom is -0.484 e. The maximum Gasteiger partial charge on any atom is 0.174 e. The van der Waals surface area contributed by atoms with Crippen LogP contribution in [-0.2, 0) is 13.2 Å². The number of ether oxygens (including phenoxy) is 1. The van der Waals surface area contributed by atoms with Crippen molar-refractivity contribution in [2.45, 2.75) is 39.5 Å². The van der Waals surface area contributed by atoms with Gasteiger partial charge in [0.25, 0.3) is 0 Å². The summed E-state index contributed by atoms with van der Waals surface area (Å²) in [6.07, 6.45) is 3.31. The van der Waals surface area contributed by atoms with Gasteiger partial charge in [0.15, 0.2) is 5.76 Å². The highest BCUT2D eigenvalue weighted by atomic mass is 16.5. The standard InChI is InChI=1S/C14H19N3O2/c1-14(2,3)16-8-11-4-5-12(9-15-11)18-10-13-6-7-17-19-13/h4-7,9,16H,8,10H2,1-3H3. The smallest absolute Gasteiger partial charge is 0.174 e. The topological polar surface area (TPSA) is 60.2 Å². The van der Waals surface area contributed by atoms with Crippen molar-refractivity contribution in [1.29, 1.82) is 0 Å². The Labute approximate surface area is 113 Å². The summed E-state index contributed by atoms with van der Waals surface area (Å²) >= 11 is 0. The molecule has 0 saturated heterocycles. The molecule has 0 fully saturated rings. The molecule has 2 rings (SSSR count). The van der Waals surface area contributed by atoms with Crippen LogP contribution in [0, 0.1) is 0 Å². The van der Waals surface area contributed by atoms with Crippen molar-refractivity contribution in [3.8, 4) is 5.75 Å². The van der Waals surface area contributed by atoms with Crippen molar-refractivity contribution in [3.63, 3.8) is 0 Å². The van der Waals surface area contributed by atoms with Crippen LogP contribution in [0.5, 0.6) is 5.75 Å². The summed E-state index contributed by atoms with van der Waals surface area (Å²) < 4.78 is 10.5. The number of hydrogen-bond acceptors (Lipinski definition) is 5. The Morgan fingerprint density at radius 2 is 2.11 bits per heavy atom. The minimum atomic E-state index is 0.0864. The molecule has 0 aliphatic heterocycles. The summed E-state index contributed by atoms with van der Waals surface area (Å²) in [7, 11) is 0. The second-order valence-electron chi connectivity index (χ2n) is 5.36. The molecule has 5 nitrogen and oxygen atoms in total. The van der Waals surface area contributed by atoms with Crippen molar-refractivity contribution in [2.75, 3.05) is 0 Å². The van der Waals surface area contributed by atoms with Gasteiger partial charge in [-0.1, -0.05) is 5.16 Å². The van der Waals surface area contributed by atoms with Crippen LogP contribution in [-0.4, -0.2) is 15.7 Å². The zero-order chi connectivity index (χ0) is 13.7. The highest BCUT2D eigenvalue weighted by Crippen LogP contribution is 2.12. The van der Waals surface area contributed by atoms with Gasteiger partial charge in [-0.25, -0.2) is 0 Å². The lowest BCUT2D eigenvalue weighted by Gasteiger charge is -2.20. The van der Waals surface area contributed by atoms with Gasteiger partial charge in [0.1, 0.15) is 12.4 Å². The SMILES string of the molecule is CC(C)(C)NCc1ccc(OCc2ccno2)cn1. The van der Waals surface area contributed by atoms with Crippen LogP contribution in [0.25, 0.3) is 0 Å². The minimum absolute atomic E-state index is 0.0864. The zero-order valence-corrected chi connectivity index (χ0v) is 11.5. The number of hydrogen-bond donors (Lipinski definition) is 1. The molecule has 0 radical (unpaired) electrons. The molecule has 102 valence electrons. The van der Waals surface area contributed by atoms with E-state index in [0.29, 0.717) is 12.4 Å². The van der Waals surface area contributed by atoms with Gasteiger partial charge >= 0.3 is 0 Å². The first-order valence-corrected chi connectivity index (χ1v) is 6.25. The first kappa shape index (κ1) is 13.5. The van der Waals surface area contributed by atoms with E-state index in [1.165, 1.54) is 0 Å². The molecule has 1 N–H and O–H groups in total. The molecule has 0 amide bonds. The molecule has 0 aromatic carbocycles. The highest BCUT2D eigenvalue weighted by Gasteiger charge is 2.08. The first-order valence-electron chi connectivity index (χ1n) is 6.25. The van der Waals surface area contributed by atoms with Gasteiger partial charge in [-0.15, -0.1) is 0 Å². The van der Waals surface area contributed by atoms with E-state index in [1.54, 1.807) is 18.5 Å². The summed E-state index contributed by atoms with van der Waals surface area (Å²) in [6.45, 7) is 7.48. The van der Waals surface area contributed by atoms with E-state index in [2.05, 4.69) is 36.2 Å². The molecule has 2 aromatic heterocycles. The molecule has 0 unspecified atom stereocenters. The van der Waals surface area contributed by atoms with Crippen molar-refractivity contribution < 1.29 is 9.26 Å². The Balaban J connectivity index is 1.84. The molecule has 5 heteroatoms. The summed E-state index contributed by atoms with van der Waals surface area (Å²) in [5, 5.41) is 7.00. The Morgan fingerprint density at radius 3 is 2.68 bits per heavy atom. The molecule has 0 aliphatic carbocycles. The summed E-state index contributed by atoms with van der Waals surface area (Å²) in [5.74, 6) is 1.41. The zero-order valence-electron chi connectivity index (χ0n) is 11.5. The first-order chi connectivity index (χ1) is 9.03. The third-order valence-electron chi connectivity index (χ3n) is 2.47. The highest BCUT2D eigenvalue weighted by molar-refractivity contribution is 5.20. The van der Waals surface area contributed by atoms with Gasteiger partial charge < -0.3 is 14.6 Å². The van der Waals surface area contributed by atoms with Crippen LogP contribution in [0.4, 0.5) is 0 Å². The number of rotatable bonds is 5. The second-order valence-corrected chi connectivity index (χ2v) is 5.36. The lowest BCUT2D eigenvalue weighted by atomic mass is 10.1. The Hall–Kier alpha value is -1.88. The number of nitrogens with zero attached hydrogens (tertiary/aromatic N) is 2. The summed E-state index contributed by atoms with van der Waals surface area (Å²) in [6, 6.07) is 5.63. The molecule has 0 saturated carbocycles. The largest absolute Gasteiger partial charge is 0.484 e. The Bertz CT molecular complexity index is 486. The van der Waals surface area contributed by atoms with Crippen molar-refractivity contribution in [3.05, 3.63) is 42.0 Å².